The molecule has 10 heavy (non-hydrogen) atoms. The summed E-state index contributed by atoms with van der Waals surface area (Å²) in [6.07, 6.45) is 3.28. The van der Waals surface area contributed by atoms with Gasteiger partial charge in [0.05, 0.1) is 10.7 Å². The maximum absolute atomic E-state index is 10.3. The summed E-state index contributed by atoms with van der Waals surface area (Å²) in [6, 6.07) is 0. The van der Waals surface area contributed by atoms with Crippen LogP contribution in [0.1, 0.15) is 0 Å². The zero-order chi connectivity index (χ0) is 7.56. The Hall–Kier alpha value is -0.350. The lowest BCUT2D eigenvalue weighted by atomic mass is 10.7. The molecular formula is C5H4BrClN2O. The number of rotatable bonds is 2. The van der Waals surface area contributed by atoms with Crippen LogP contribution in [-0.2, 0) is 11.3 Å². The Balaban J connectivity index is 2.67. The Morgan fingerprint density at radius 1 is 1.90 bits per heavy atom. The number of halogens is 2. The molecule has 0 spiro atoms. The second-order valence-electron chi connectivity index (χ2n) is 1.71. The topological polar surface area (TPSA) is 34.9 Å². The van der Waals surface area contributed by atoms with Crippen molar-refractivity contribution < 1.29 is 4.79 Å². The molecule has 0 atom stereocenters. The summed E-state index contributed by atoms with van der Waals surface area (Å²) >= 11 is 8.29. The van der Waals surface area contributed by atoms with Crippen LogP contribution in [0.4, 0.5) is 0 Å². The second-order valence-corrected chi connectivity index (χ2v) is 3.05. The zero-order valence-electron chi connectivity index (χ0n) is 4.92. The molecular weight excluding hydrogens is 219 g/mol. The molecule has 0 aliphatic carbocycles. The molecule has 0 aliphatic rings. The molecule has 1 aromatic rings. The lowest BCUT2D eigenvalue weighted by Crippen LogP contribution is -2.03. The Morgan fingerprint density at radius 2 is 2.60 bits per heavy atom. The summed E-state index contributed by atoms with van der Waals surface area (Å²) in [5, 5.41) is 3.40. The fourth-order valence-corrected chi connectivity index (χ4v) is 1.00. The highest BCUT2D eigenvalue weighted by atomic mass is 79.9. The summed E-state index contributed by atoms with van der Waals surface area (Å²) < 4.78 is 2.30. The van der Waals surface area contributed by atoms with E-state index in [1.165, 1.54) is 4.68 Å². The lowest BCUT2D eigenvalue weighted by Gasteiger charge is -1.91. The summed E-state index contributed by atoms with van der Waals surface area (Å²) in [5.74, 6) is 0. The molecule has 0 amide bonds. The van der Waals surface area contributed by atoms with E-state index in [4.69, 9.17) is 11.6 Å². The maximum Gasteiger partial charge on any atom is 0.243 e. The fourth-order valence-electron chi connectivity index (χ4n) is 0.552. The average Bonchev–Trinajstić information content (AvgIpc) is 2.13. The molecule has 0 saturated carbocycles. The molecule has 1 aromatic heterocycles. The van der Waals surface area contributed by atoms with Crippen LogP contribution in [0.5, 0.6) is 0 Å². The van der Waals surface area contributed by atoms with E-state index in [9.17, 15) is 4.79 Å². The van der Waals surface area contributed by atoms with Gasteiger partial charge in [0.2, 0.25) is 5.24 Å². The highest BCUT2D eigenvalue weighted by molar-refractivity contribution is 9.10. The SMILES string of the molecule is O=C(Cl)Cn1cc(Br)cn1. The van der Waals surface area contributed by atoms with Gasteiger partial charge in [0, 0.05) is 6.20 Å². The molecule has 3 nitrogen and oxygen atoms in total. The second kappa shape index (κ2) is 3.16. The van der Waals surface area contributed by atoms with Gasteiger partial charge in [-0.15, -0.1) is 0 Å². The van der Waals surface area contributed by atoms with Crippen molar-refractivity contribution in [3.8, 4) is 0 Å². The van der Waals surface area contributed by atoms with Crippen molar-refractivity contribution in [1.82, 2.24) is 9.78 Å². The minimum absolute atomic E-state index is 0.118. The van der Waals surface area contributed by atoms with Crippen molar-refractivity contribution in [2.24, 2.45) is 0 Å². The maximum atomic E-state index is 10.3. The third-order valence-electron chi connectivity index (χ3n) is 0.888. The van der Waals surface area contributed by atoms with Crippen LogP contribution in [0.2, 0.25) is 0 Å². The fraction of sp³-hybridized carbons (Fsp3) is 0.200. The first kappa shape index (κ1) is 7.75. The minimum Gasteiger partial charge on any atom is -0.279 e. The van der Waals surface area contributed by atoms with Gasteiger partial charge in [-0.3, -0.25) is 9.48 Å². The molecule has 1 rings (SSSR count). The van der Waals surface area contributed by atoms with Gasteiger partial charge in [-0.05, 0) is 27.5 Å². The number of hydrogen-bond donors (Lipinski definition) is 0. The van der Waals surface area contributed by atoms with E-state index in [1.807, 2.05) is 0 Å². The first-order valence-electron chi connectivity index (χ1n) is 2.55. The zero-order valence-corrected chi connectivity index (χ0v) is 7.26. The monoisotopic (exact) mass is 222 g/mol. The van der Waals surface area contributed by atoms with E-state index >= 15 is 0 Å². The standard InChI is InChI=1S/C5H4BrClN2O/c6-4-1-8-9(2-4)3-5(7)10/h1-2H,3H2. The smallest absolute Gasteiger partial charge is 0.243 e. The van der Waals surface area contributed by atoms with Crippen LogP contribution in [0.15, 0.2) is 16.9 Å². The third-order valence-corrected chi connectivity index (χ3v) is 1.42. The van der Waals surface area contributed by atoms with Crippen LogP contribution >= 0.6 is 27.5 Å². The molecule has 54 valence electrons. The van der Waals surface area contributed by atoms with Gasteiger partial charge in [-0.2, -0.15) is 5.10 Å². The molecule has 0 N–H and O–H groups in total. The molecule has 5 heteroatoms. The quantitative estimate of drug-likeness (QED) is 0.711. The molecule has 0 unspecified atom stereocenters. The number of carbonyl (C=O) groups is 1. The predicted octanol–water partition coefficient (Wildman–Crippen LogP) is 1.41. The van der Waals surface area contributed by atoms with Gasteiger partial charge in [-0.25, -0.2) is 0 Å². The van der Waals surface area contributed by atoms with Crippen molar-refractivity contribution >= 4 is 32.8 Å². The van der Waals surface area contributed by atoms with Gasteiger partial charge in [0.1, 0.15) is 6.54 Å². The first-order valence-corrected chi connectivity index (χ1v) is 3.72. The van der Waals surface area contributed by atoms with Crippen LogP contribution in [0.25, 0.3) is 0 Å². The van der Waals surface area contributed by atoms with Crippen LogP contribution in [0, 0.1) is 0 Å². The Kier molecular flexibility index (Phi) is 2.45. The third kappa shape index (κ3) is 2.11. The van der Waals surface area contributed by atoms with Crippen molar-refractivity contribution in [3.05, 3.63) is 16.9 Å². The Morgan fingerprint density at radius 3 is 3.00 bits per heavy atom. The van der Waals surface area contributed by atoms with Crippen molar-refractivity contribution in [2.45, 2.75) is 6.54 Å². The molecule has 1 heterocycles. The summed E-state index contributed by atoms with van der Waals surface area (Å²) in [6.45, 7) is 0.118. The molecule has 0 bridgehead atoms. The minimum atomic E-state index is -0.421. The van der Waals surface area contributed by atoms with Crippen molar-refractivity contribution in [3.63, 3.8) is 0 Å². The van der Waals surface area contributed by atoms with E-state index in [2.05, 4.69) is 21.0 Å². The molecule has 0 fully saturated rings. The van der Waals surface area contributed by atoms with Gasteiger partial charge >= 0.3 is 0 Å². The van der Waals surface area contributed by atoms with E-state index in [-0.39, 0.29) is 6.54 Å². The Labute approximate surface area is 71.1 Å². The number of carbonyl (C=O) groups excluding carboxylic acids is 1. The first-order chi connectivity index (χ1) is 4.68. The molecule has 0 radical (unpaired) electrons. The summed E-state index contributed by atoms with van der Waals surface area (Å²) in [7, 11) is 0. The summed E-state index contributed by atoms with van der Waals surface area (Å²) in [4.78, 5) is 10.3. The largest absolute Gasteiger partial charge is 0.279 e. The summed E-state index contributed by atoms with van der Waals surface area (Å²) in [5.41, 5.74) is 0. The van der Waals surface area contributed by atoms with Crippen molar-refractivity contribution in [2.75, 3.05) is 0 Å². The van der Waals surface area contributed by atoms with Gasteiger partial charge in [0.25, 0.3) is 0 Å². The number of hydrogen-bond acceptors (Lipinski definition) is 2. The average molecular weight is 223 g/mol. The van der Waals surface area contributed by atoms with Crippen molar-refractivity contribution in [1.29, 1.82) is 0 Å². The van der Waals surface area contributed by atoms with Crippen LogP contribution < -0.4 is 0 Å². The van der Waals surface area contributed by atoms with Gasteiger partial charge < -0.3 is 0 Å². The van der Waals surface area contributed by atoms with Gasteiger partial charge in [-0.1, -0.05) is 0 Å². The number of aromatic nitrogens is 2. The molecule has 0 aliphatic heterocycles. The van der Waals surface area contributed by atoms with Crippen LogP contribution in [-0.4, -0.2) is 15.0 Å². The molecule has 0 saturated heterocycles. The highest BCUT2D eigenvalue weighted by Gasteiger charge is 1.98. The van der Waals surface area contributed by atoms with Gasteiger partial charge in [0.15, 0.2) is 0 Å². The van der Waals surface area contributed by atoms with E-state index in [1.54, 1.807) is 12.4 Å². The molecule has 0 aromatic carbocycles. The van der Waals surface area contributed by atoms with E-state index in [0.717, 1.165) is 4.47 Å². The van der Waals surface area contributed by atoms with E-state index in [0.29, 0.717) is 0 Å². The number of nitrogens with zero attached hydrogens (tertiary/aromatic N) is 2. The normalized spacial score (nSPS) is 9.80. The van der Waals surface area contributed by atoms with E-state index < -0.39 is 5.24 Å². The predicted molar refractivity (Wildman–Crippen MR) is 40.8 cm³/mol. The lowest BCUT2D eigenvalue weighted by molar-refractivity contribution is -0.112. The highest BCUT2D eigenvalue weighted by Crippen LogP contribution is 2.05. The Bertz CT molecular complexity index is 248. The van der Waals surface area contributed by atoms with Crippen LogP contribution in [0.3, 0.4) is 0 Å².